The molecule has 5 rings (SSSR count). The van der Waals surface area contributed by atoms with Gasteiger partial charge in [0.2, 0.25) is 0 Å². The molecule has 1 N–H and O–H groups in total. The van der Waals surface area contributed by atoms with Crippen LogP contribution in [0.5, 0.6) is 0 Å². The molecule has 0 radical (unpaired) electrons. The molecule has 1 saturated heterocycles. The third-order valence-corrected chi connectivity index (χ3v) is 4.99. The molecule has 0 amide bonds. The number of rotatable bonds is 1. The lowest BCUT2D eigenvalue weighted by molar-refractivity contribution is 0.496. The number of aromatic nitrogens is 3. The van der Waals surface area contributed by atoms with E-state index in [2.05, 4.69) is 52.1 Å². The van der Waals surface area contributed by atoms with Gasteiger partial charge in [-0.3, -0.25) is 0 Å². The molecule has 2 aliphatic heterocycles. The highest BCUT2D eigenvalue weighted by Crippen LogP contribution is 2.35. The van der Waals surface area contributed by atoms with Crippen LogP contribution >= 0.6 is 0 Å². The molecule has 2 aliphatic rings. The fourth-order valence-corrected chi connectivity index (χ4v) is 3.89. The zero-order chi connectivity index (χ0) is 14.7. The predicted molar refractivity (Wildman–Crippen MR) is 85.8 cm³/mol. The van der Waals surface area contributed by atoms with E-state index in [-0.39, 0.29) is 0 Å². The van der Waals surface area contributed by atoms with Crippen molar-refractivity contribution in [3.8, 4) is 11.3 Å². The Hall–Kier alpha value is -2.20. The van der Waals surface area contributed by atoms with Crippen molar-refractivity contribution >= 4 is 5.65 Å². The number of hydrogen-bond donors (Lipinski definition) is 1. The highest BCUT2D eigenvalue weighted by Gasteiger charge is 2.34. The molecule has 0 saturated carbocycles. The Morgan fingerprint density at radius 3 is 3.09 bits per heavy atom. The fourth-order valence-electron chi connectivity index (χ4n) is 3.89. The number of nitrogens with one attached hydrogen (secondary N) is 1. The van der Waals surface area contributed by atoms with Gasteiger partial charge in [-0.1, -0.05) is 23.8 Å². The van der Waals surface area contributed by atoms with E-state index in [0.29, 0.717) is 12.1 Å². The molecule has 0 aliphatic carbocycles. The molecule has 2 bridgehead atoms. The van der Waals surface area contributed by atoms with Crippen molar-refractivity contribution in [1.29, 1.82) is 0 Å². The number of fused-ring (bicyclic) bond motifs is 6. The molecule has 4 heteroatoms. The third kappa shape index (κ3) is 1.74. The fraction of sp³-hybridized carbons (Fsp3) is 0.333. The van der Waals surface area contributed by atoms with Crippen molar-refractivity contribution in [2.75, 3.05) is 0 Å². The van der Waals surface area contributed by atoms with Gasteiger partial charge >= 0.3 is 0 Å². The van der Waals surface area contributed by atoms with Crippen LogP contribution in [0.15, 0.2) is 36.5 Å². The molecular weight excluding hydrogens is 272 g/mol. The maximum absolute atomic E-state index is 4.86. The van der Waals surface area contributed by atoms with Gasteiger partial charge in [-0.25, -0.2) is 9.50 Å². The molecule has 0 spiro atoms. The van der Waals surface area contributed by atoms with Crippen LogP contribution in [-0.4, -0.2) is 20.6 Å². The highest BCUT2D eigenvalue weighted by molar-refractivity contribution is 5.65. The average molecular weight is 290 g/mol. The number of aryl methyl sites for hydroxylation is 1. The van der Waals surface area contributed by atoms with Gasteiger partial charge in [0.05, 0.1) is 11.4 Å². The Balaban J connectivity index is 1.70. The first-order valence-corrected chi connectivity index (χ1v) is 7.98. The molecule has 3 aromatic rings. The molecule has 2 atom stereocenters. The topological polar surface area (TPSA) is 42.2 Å². The first-order valence-electron chi connectivity index (χ1n) is 7.98. The van der Waals surface area contributed by atoms with Crippen molar-refractivity contribution in [3.05, 3.63) is 53.3 Å². The van der Waals surface area contributed by atoms with Gasteiger partial charge in [-0.15, -0.1) is 0 Å². The Kier molecular flexibility index (Phi) is 2.47. The lowest BCUT2D eigenvalue weighted by Crippen LogP contribution is -2.33. The first kappa shape index (κ1) is 12.4. The molecule has 110 valence electrons. The highest BCUT2D eigenvalue weighted by atomic mass is 15.3. The summed E-state index contributed by atoms with van der Waals surface area (Å²) >= 11 is 0. The summed E-state index contributed by atoms with van der Waals surface area (Å²) in [5.41, 5.74) is 7.06. The Morgan fingerprint density at radius 2 is 2.18 bits per heavy atom. The Morgan fingerprint density at radius 1 is 1.23 bits per heavy atom. The van der Waals surface area contributed by atoms with Crippen LogP contribution in [0.2, 0.25) is 0 Å². The van der Waals surface area contributed by atoms with Gasteiger partial charge in [0, 0.05) is 41.9 Å². The normalized spacial score (nSPS) is 23.0. The number of benzene rings is 1. The first-order chi connectivity index (χ1) is 10.8. The summed E-state index contributed by atoms with van der Waals surface area (Å²) in [4.78, 5) is 4.64. The second-order valence-electron chi connectivity index (χ2n) is 6.53. The Bertz CT molecular complexity index is 880. The van der Waals surface area contributed by atoms with Crippen LogP contribution in [0.3, 0.4) is 0 Å². The van der Waals surface area contributed by atoms with E-state index in [1.807, 2.05) is 6.20 Å². The van der Waals surface area contributed by atoms with Crippen LogP contribution in [0.1, 0.15) is 35.7 Å². The van der Waals surface area contributed by atoms with Crippen LogP contribution < -0.4 is 5.32 Å². The minimum Gasteiger partial charge on any atom is -0.307 e. The molecular formula is C18H18N4. The van der Waals surface area contributed by atoms with Crippen molar-refractivity contribution in [2.45, 2.75) is 38.3 Å². The molecule has 1 aromatic carbocycles. The maximum Gasteiger partial charge on any atom is 0.155 e. The minimum atomic E-state index is 0.470. The lowest BCUT2D eigenvalue weighted by atomic mass is 10.0. The summed E-state index contributed by atoms with van der Waals surface area (Å²) in [5, 5.41) is 8.54. The molecule has 0 unspecified atom stereocenters. The van der Waals surface area contributed by atoms with Crippen LogP contribution in [0.4, 0.5) is 0 Å². The number of nitrogens with zero attached hydrogens (tertiary/aromatic N) is 3. The molecule has 1 fully saturated rings. The second-order valence-corrected chi connectivity index (χ2v) is 6.53. The summed E-state index contributed by atoms with van der Waals surface area (Å²) in [6.45, 7) is 2.11. The maximum atomic E-state index is 4.86. The van der Waals surface area contributed by atoms with Crippen molar-refractivity contribution in [2.24, 2.45) is 0 Å². The van der Waals surface area contributed by atoms with E-state index in [0.717, 1.165) is 23.3 Å². The summed E-state index contributed by atoms with van der Waals surface area (Å²) < 4.78 is 2.07. The van der Waals surface area contributed by atoms with E-state index >= 15 is 0 Å². The molecule has 4 heterocycles. The van der Waals surface area contributed by atoms with Gasteiger partial charge in [-0.2, -0.15) is 5.10 Å². The summed E-state index contributed by atoms with van der Waals surface area (Å²) in [5.74, 6) is 0. The standard InChI is InChI=1S/C18H18N4/c1-11-3-2-4-12(7-11)16-9-18-19-10-14-15-6-5-13(20-15)8-17(14)22(18)21-16/h2-4,7,9-10,13,15,20H,5-6,8H2,1H3/t13-,15+/m0/s1. The van der Waals surface area contributed by atoms with Crippen molar-refractivity contribution < 1.29 is 0 Å². The van der Waals surface area contributed by atoms with Crippen LogP contribution in [-0.2, 0) is 6.42 Å². The largest absolute Gasteiger partial charge is 0.307 e. The van der Waals surface area contributed by atoms with Crippen LogP contribution in [0, 0.1) is 6.92 Å². The lowest BCUT2D eigenvalue weighted by Gasteiger charge is -2.24. The van der Waals surface area contributed by atoms with E-state index < -0.39 is 0 Å². The summed E-state index contributed by atoms with van der Waals surface area (Å²) in [6.07, 6.45) is 5.58. The molecule has 22 heavy (non-hydrogen) atoms. The van der Waals surface area contributed by atoms with Gasteiger partial charge in [0.15, 0.2) is 5.65 Å². The summed E-state index contributed by atoms with van der Waals surface area (Å²) in [6, 6.07) is 11.7. The summed E-state index contributed by atoms with van der Waals surface area (Å²) in [7, 11) is 0. The average Bonchev–Trinajstić information content (AvgIpc) is 3.12. The van der Waals surface area contributed by atoms with Crippen LogP contribution in [0.25, 0.3) is 16.9 Å². The van der Waals surface area contributed by atoms with Gasteiger partial charge in [0.1, 0.15) is 0 Å². The smallest absolute Gasteiger partial charge is 0.155 e. The number of hydrogen-bond acceptors (Lipinski definition) is 3. The van der Waals surface area contributed by atoms with E-state index in [1.54, 1.807) is 0 Å². The third-order valence-electron chi connectivity index (χ3n) is 4.99. The van der Waals surface area contributed by atoms with Crippen molar-refractivity contribution in [3.63, 3.8) is 0 Å². The zero-order valence-corrected chi connectivity index (χ0v) is 12.6. The van der Waals surface area contributed by atoms with E-state index in [4.69, 9.17) is 5.10 Å². The van der Waals surface area contributed by atoms with E-state index in [1.165, 1.54) is 29.7 Å². The van der Waals surface area contributed by atoms with Gasteiger partial charge in [-0.05, 0) is 25.8 Å². The predicted octanol–water partition coefficient (Wildman–Crippen LogP) is 3.05. The van der Waals surface area contributed by atoms with E-state index in [9.17, 15) is 0 Å². The van der Waals surface area contributed by atoms with Gasteiger partial charge < -0.3 is 5.32 Å². The monoisotopic (exact) mass is 290 g/mol. The molecule has 2 aromatic heterocycles. The Labute approximate surface area is 129 Å². The zero-order valence-electron chi connectivity index (χ0n) is 12.6. The van der Waals surface area contributed by atoms with Gasteiger partial charge in [0.25, 0.3) is 0 Å². The SMILES string of the molecule is Cc1cccc(-c2cc3ncc4c(n3n2)C[C@@H]2CC[C@H]4N2)c1. The second kappa shape index (κ2) is 4.40. The quantitative estimate of drug-likeness (QED) is 0.749. The van der Waals surface area contributed by atoms with Crippen molar-refractivity contribution in [1.82, 2.24) is 19.9 Å². The molecule has 4 nitrogen and oxygen atoms in total. The minimum absolute atomic E-state index is 0.470.